The molecule has 0 aromatic heterocycles. The van der Waals surface area contributed by atoms with Gasteiger partial charge >= 0.3 is 18.0 Å². The first kappa shape index (κ1) is 17.7. The summed E-state index contributed by atoms with van der Waals surface area (Å²) in [6.07, 6.45) is -12.9. The molecule has 0 spiro atoms. The average molecular weight is 318 g/mol. The fourth-order valence-corrected chi connectivity index (χ4v) is 2.03. The number of halogens is 7. The lowest BCUT2D eigenvalue weighted by Gasteiger charge is -2.32. The van der Waals surface area contributed by atoms with Crippen molar-refractivity contribution in [3.63, 3.8) is 0 Å². The maximum absolute atomic E-state index is 13.6. The molecule has 1 nitrogen and oxygen atoms in total. The quantitative estimate of drug-likeness (QED) is 0.545. The Morgan fingerprint density at radius 1 is 1.19 bits per heavy atom. The average Bonchev–Trinajstić information content (AvgIpc) is 2.29. The van der Waals surface area contributed by atoms with Crippen molar-refractivity contribution < 1.29 is 35.5 Å². The van der Waals surface area contributed by atoms with Crippen LogP contribution in [0.1, 0.15) is 26.2 Å². The smallest absolute Gasteiger partial charge is 0.295 e. The normalized spacial score (nSPS) is 21.2. The zero-order chi connectivity index (χ0) is 16.6. The van der Waals surface area contributed by atoms with Crippen LogP contribution in [-0.2, 0) is 4.79 Å². The molecule has 0 amide bonds. The van der Waals surface area contributed by atoms with Crippen LogP contribution < -0.4 is 0 Å². The van der Waals surface area contributed by atoms with E-state index < -0.39 is 41.7 Å². The Kier molecular flexibility index (Phi) is 4.60. The Balaban J connectivity index is 2.97. The van der Waals surface area contributed by atoms with Gasteiger partial charge in [0.15, 0.2) is 5.78 Å². The number of hydrogen-bond donors (Lipinski definition) is 0. The van der Waals surface area contributed by atoms with Gasteiger partial charge in [-0.25, -0.2) is 4.39 Å². The number of alkyl halides is 7. The highest BCUT2D eigenvalue weighted by Gasteiger charge is 2.72. The van der Waals surface area contributed by atoms with Crippen molar-refractivity contribution >= 4 is 5.78 Å². The molecule has 0 heterocycles. The minimum atomic E-state index is -6.10. The van der Waals surface area contributed by atoms with Crippen molar-refractivity contribution in [2.75, 3.05) is 0 Å². The van der Waals surface area contributed by atoms with Gasteiger partial charge in [-0.05, 0) is 24.8 Å². The molecule has 0 saturated carbocycles. The Morgan fingerprint density at radius 3 is 2.05 bits per heavy atom. The molecule has 0 saturated heterocycles. The first-order valence-electron chi connectivity index (χ1n) is 5.99. The van der Waals surface area contributed by atoms with Crippen molar-refractivity contribution in [2.24, 2.45) is 5.92 Å². The summed E-state index contributed by atoms with van der Waals surface area (Å²) < 4.78 is 88.3. The third-order valence-electron chi connectivity index (χ3n) is 3.53. The van der Waals surface area contributed by atoms with Crippen molar-refractivity contribution in [3.8, 4) is 0 Å². The number of Topliss-reactive ketones (excluding diaryl/α,β-unsaturated/α-hetero) is 1. The first-order chi connectivity index (χ1) is 9.29. The third kappa shape index (κ3) is 3.47. The van der Waals surface area contributed by atoms with Crippen molar-refractivity contribution in [1.29, 1.82) is 0 Å². The van der Waals surface area contributed by atoms with Crippen LogP contribution in [0.2, 0.25) is 0 Å². The minimum absolute atomic E-state index is 0.0716. The molecule has 0 aromatic rings. The summed E-state index contributed by atoms with van der Waals surface area (Å²) in [7, 11) is 0. The highest BCUT2D eigenvalue weighted by atomic mass is 19.4. The largest absolute Gasteiger partial charge is 0.431 e. The van der Waals surface area contributed by atoms with E-state index in [2.05, 4.69) is 6.58 Å². The Hall–Kier alpha value is -1.34. The van der Waals surface area contributed by atoms with Gasteiger partial charge in [0.1, 0.15) is 0 Å². The molecule has 0 bridgehead atoms. The van der Waals surface area contributed by atoms with Crippen molar-refractivity contribution in [2.45, 2.75) is 44.2 Å². The summed E-state index contributed by atoms with van der Waals surface area (Å²) in [4.78, 5) is 11.4. The van der Waals surface area contributed by atoms with Crippen LogP contribution in [0.15, 0.2) is 23.8 Å². The van der Waals surface area contributed by atoms with Crippen molar-refractivity contribution in [1.82, 2.24) is 0 Å². The molecule has 8 heteroatoms. The van der Waals surface area contributed by atoms with Crippen LogP contribution in [-0.4, -0.2) is 23.8 Å². The molecule has 0 radical (unpaired) electrons. The zero-order valence-corrected chi connectivity index (χ0v) is 11.0. The third-order valence-corrected chi connectivity index (χ3v) is 3.53. The molecule has 21 heavy (non-hydrogen) atoms. The van der Waals surface area contributed by atoms with Gasteiger partial charge in [0.25, 0.3) is 0 Å². The molecule has 0 N–H and O–H groups in total. The van der Waals surface area contributed by atoms with Crippen LogP contribution in [0.4, 0.5) is 30.7 Å². The second-order valence-corrected chi connectivity index (χ2v) is 5.08. The number of carbonyl (C=O) groups excluding carboxylic acids is 1. The first-order valence-corrected chi connectivity index (χ1v) is 5.99. The minimum Gasteiger partial charge on any atom is -0.295 e. The lowest BCUT2D eigenvalue weighted by atomic mass is 9.80. The van der Waals surface area contributed by atoms with Crippen LogP contribution in [0.5, 0.6) is 0 Å². The van der Waals surface area contributed by atoms with E-state index in [0.29, 0.717) is 5.57 Å². The van der Waals surface area contributed by atoms with Gasteiger partial charge in [-0.2, -0.15) is 26.3 Å². The van der Waals surface area contributed by atoms with E-state index in [-0.39, 0.29) is 12.8 Å². The summed E-state index contributed by atoms with van der Waals surface area (Å²) in [6.45, 7) is 4.62. The molecule has 1 aliphatic rings. The zero-order valence-electron chi connectivity index (χ0n) is 11.0. The number of hydrogen-bond acceptors (Lipinski definition) is 1. The van der Waals surface area contributed by atoms with Gasteiger partial charge in [0.05, 0.1) is 0 Å². The molecular weight excluding hydrogens is 305 g/mol. The SMILES string of the molecule is C=C(CC(F)(C(F)(F)F)C(F)(F)F)C1CC=C(C)C(=O)C1. The second kappa shape index (κ2) is 5.46. The molecule has 1 aliphatic carbocycles. The molecule has 0 aliphatic heterocycles. The lowest BCUT2D eigenvalue weighted by Crippen LogP contribution is -2.53. The van der Waals surface area contributed by atoms with Crippen molar-refractivity contribution in [3.05, 3.63) is 23.8 Å². The molecule has 1 atom stereocenters. The molecule has 0 fully saturated rings. The van der Waals surface area contributed by atoms with Crippen LogP contribution >= 0.6 is 0 Å². The van der Waals surface area contributed by atoms with Gasteiger partial charge in [0, 0.05) is 12.8 Å². The fourth-order valence-electron chi connectivity index (χ4n) is 2.03. The standard InChI is InChI=1S/C13H13F7O/c1-7-3-4-9(5-10(7)21)8(2)6-11(14,12(15,16)17)13(18,19)20/h3,9H,2,4-6H2,1H3. The molecular formula is C13H13F7O. The topological polar surface area (TPSA) is 17.1 Å². The highest BCUT2D eigenvalue weighted by molar-refractivity contribution is 5.95. The summed E-state index contributed by atoms with van der Waals surface area (Å²) in [6, 6.07) is 0. The fraction of sp³-hybridized carbons (Fsp3) is 0.615. The summed E-state index contributed by atoms with van der Waals surface area (Å²) in [5.41, 5.74) is -5.53. The van der Waals surface area contributed by atoms with E-state index in [1.165, 1.54) is 13.0 Å². The number of rotatable bonds is 3. The second-order valence-electron chi connectivity index (χ2n) is 5.08. The van der Waals surface area contributed by atoms with Crippen LogP contribution in [0.3, 0.4) is 0 Å². The number of carbonyl (C=O) groups is 1. The number of allylic oxidation sites excluding steroid dienone is 3. The molecule has 0 aromatic carbocycles. The lowest BCUT2D eigenvalue weighted by molar-refractivity contribution is -0.341. The van der Waals surface area contributed by atoms with E-state index >= 15 is 0 Å². The predicted octanol–water partition coefficient (Wildman–Crippen LogP) is 4.69. The van der Waals surface area contributed by atoms with E-state index in [9.17, 15) is 35.5 Å². The van der Waals surface area contributed by atoms with Crippen LogP contribution in [0.25, 0.3) is 0 Å². The maximum atomic E-state index is 13.6. The Bertz CT molecular complexity index is 456. The summed E-state index contributed by atoms with van der Waals surface area (Å²) in [5.74, 6) is -1.31. The van der Waals surface area contributed by atoms with Gasteiger partial charge in [0.2, 0.25) is 0 Å². The Morgan fingerprint density at radius 2 is 1.67 bits per heavy atom. The van der Waals surface area contributed by atoms with Gasteiger partial charge in [-0.1, -0.05) is 18.2 Å². The number of ketones is 1. The van der Waals surface area contributed by atoms with E-state index in [4.69, 9.17) is 0 Å². The highest BCUT2D eigenvalue weighted by Crippen LogP contribution is 2.50. The monoisotopic (exact) mass is 318 g/mol. The molecule has 1 unspecified atom stereocenters. The van der Waals surface area contributed by atoms with Gasteiger partial charge in [-0.3, -0.25) is 4.79 Å². The van der Waals surface area contributed by atoms with Gasteiger partial charge < -0.3 is 0 Å². The van der Waals surface area contributed by atoms with E-state index in [1.807, 2.05) is 0 Å². The molecule has 120 valence electrons. The summed E-state index contributed by atoms with van der Waals surface area (Å²) in [5, 5.41) is 0. The van der Waals surface area contributed by atoms with E-state index in [1.54, 1.807) is 0 Å². The Labute approximate surface area is 116 Å². The van der Waals surface area contributed by atoms with Crippen LogP contribution in [0, 0.1) is 5.92 Å². The van der Waals surface area contributed by atoms with Gasteiger partial charge in [-0.15, -0.1) is 0 Å². The summed E-state index contributed by atoms with van der Waals surface area (Å²) >= 11 is 0. The van der Waals surface area contributed by atoms with E-state index in [0.717, 1.165) is 0 Å². The molecule has 1 rings (SSSR count). The predicted molar refractivity (Wildman–Crippen MR) is 61.2 cm³/mol. The maximum Gasteiger partial charge on any atom is 0.431 e.